The first-order valence-electron chi connectivity index (χ1n) is 8.63. The Labute approximate surface area is 162 Å². The van der Waals surface area contributed by atoms with Crippen molar-refractivity contribution in [3.05, 3.63) is 47.8 Å². The summed E-state index contributed by atoms with van der Waals surface area (Å²) >= 11 is 3.59. The second kappa shape index (κ2) is 8.53. The predicted octanol–water partition coefficient (Wildman–Crippen LogP) is 4.81. The zero-order chi connectivity index (χ0) is 18.6. The van der Waals surface area contributed by atoms with Gasteiger partial charge >= 0.3 is 0 Å². The van der Waals surface area contributed by atoms with E-state index in [9.17, 15) is 0 Å². The van der Waals surface area contributed by atoms with Crippen molar-refractivity contribution < 1.29 is 0 Å². The van der Waals surface area contributed by atoms with Crippen molar-refractivity contribution >= 4 is 48.7 Å². The lowest BCUT2D eigenvalue weighted by Crippen LogP contribution is -2.36. The van der Waals surface area contributed by atoms with Gasteiger partial charge < -0.3 is 0 Å². The van der Waals surface area contributed by atoms with Crippen LogP contribution in [0, 0.1) is 13.8 Å². The molecule has 0 radical (unpaired) electrons. The highest BCUT2D eigenvalue weighted by Crippen LogP contribution is 2.25. The van der Waals surface area contributed by atoms with Gasteiger partial charge in [-0.1, -0.05) is 38.8 Å². The van der Waals surface area contributed by atoms with Crippen molar-refractivity contribution in [2.75, 3.05) is 0 Å². The maximum absolute atomic E-state index is 4.41. The normalized spacial score (nSPS) is 11.4. The summed E-state index contributed by atoms with van der Waals surface area (Å²) < 4.78 is 7.26. The molecule has 0 aromatic carbocycles. The van der Waals surface area contributed by atoms with Gasteiger partial charge in [0.2, 0.25) is 0 Å². The minimum absolute atomic E-state index is 0.563. The van der Waals surface area contributed by atoms with Gasteiger partial charge in [0.15, 0.2) is 0 Å². The summed E-state index contributed by atoms with van der Waals surface area (Å²) in [5, 5.41) is 0. The summed E-state index contributed by atoms with van der Waals surface area (Å²) in [7, 11) is -1.76. The molecule has 6 heteroatoms. The quantitative estimate of drug-likeness (QED) is 0.585. The van der Waals surface area contributed by atoms with E-state index in [2.05, 4.69) is 68.1 Å². The first-order valence-corrected chi connectivity index (χ1v) is 16.6. The van der Waals surface area contributed by atoms with Crippen LogP contribution in [-0.2, 0) is 0 Å². The SMILES string of the molecule is Cc1cc(-c2ccccn2)sc1[Si](C)(C)C.Cc1cnsc1[SiH](C)C. The van der Waals surface area contributed by atoms with Crippen molar-refractivity contribution in [2.45, 2.75) is 46.6 Å². The molecular weight excluding hydrogens is 377 g/mol. The van der Waals surface area contributed by atoms with Crippen molar-refractivity contribution in [3.8, 4) is 10.6 Å². The number of nitrogens with zero attached hydrogens (tertiary/aromatic N) is 2. The molecule has 0 amide bonds. The van der Waals surface area contributed by atoms with Gasteiger partial charge in [0, 0.05) is 16.9 Å². The van der Waals surface area contributed by atoms with E-state index in [4.69, 9.17) is 0 Å². The molecule has 3 heterocycles. The third-order valence-electron chi connectivity index (χ3n) is 3.83. The summed E-state index contributed by atoms with van der Waals surface area (Å²) in [5.41, 5.74) is 3.92. The average molecular weight is 405 g/mol. The first-order chi connectivity index (χ1) is 11.7. The summed E-state index contributed by atoms with van der Waals surface area (Å²) in [6.45, 7) is 16.2. The van der Waals surface area contributed by atoms with Crippen molar-refractivity contribution in [1.29, 1.82) is 0 Å². The van der Waals surface area contributed by atoms with Gasteiger partial charge in [-0.05, 0) is 59.2 Å². The van der Waals surface area contributed by atoms with Crippen LogP contribution in [0.25, 0.3) is 10.6 Å². The smallest absolute Gasteiger partial charge is 0.0907 e. The Morgan fingerprint density at radius 2 is 1.76 bits per heavy atom. The number of hydrogen-bond donors (Lipinski definition) is 0. The first kappa shape index (κ1) is 20.2. The van der Waals surface area contributed by atoms with Gasteiger partial charge in [0.25, 0.3) is 0 Å². The number of aryl methyl sites for hydroxylation is 2. The molecule has 0 unspecified atom stereocenters. The van der Waals surface area contributed by atoms with Crippen LogP contribution in [-0.4, -0.2) is 26.2 Å². The molecule has 134 valence electrons. The third-order valence-corrected chi connectivity index (χ3v) is 12.8. The van der Waals surface area contributed by atoms with E-state index in [1.807, 2.05) is 35.9 Å². The van der Waals surface area contributed by atoms with E-state index in [1.54, 1.807) is 20.5 Å². The molecule has 0 aliphatic rings. The second-order valence-electron chi connectivity index (χ2n) is 7.62. The lowest BCUT2D eigenvalue weighted by Gasteiger charge is -2.14. The molecule has 3 aromatic heterocycles. The zero-order valence-corrected chi connectivity index (χ0v) is 20.0. The highest BCUT2D eigenvalue weighted by molar-refractivity contribution is 7.29. The molecule has 3 rings (SSSR count). The van der Waals surface area contributed by atoms with Crippen LogP contribution < -0.4 is 9.00 Å². The topological polar surface area (TPSA) is 25.8 Å². The maximum atomic E-state index is 4.41. The number of aromatic nitrogens is 2. The monoisotopic (exact) mass is 404 g/mol. The average Bonchev–Trinajstić information content (AvgIpc) is 3.14. The van der Waals surface area contributed by atoms with Crippen molar-refractivity contribution in [3.63, 3.8) is 0 Å². The molecule has 2 nitrogen and oxygen atoms in total. The molecule has 0 spiro atoms. The Morgan fingerprint density at radius 3 is 2.16 bits per heavy atom. The summed E-state index contributed by atoms with van der Waals surface area (Å²) in [6.07, 6.45) is 3.82. The standard InChI is InChI=1S/C13H17NSSi.C6H11NSSi/c1-10-9-12(11-7-5-6-8-14-11)15-13(10)16(2,3)4;1-5-4-7-8-6(5)9(2)3/h5-9H,1-4H3;4,9H,1-3H3. The number of pyridine rings is 1. The maximum Gasteiger partial charge on any atom is 0.0907 e. The number of rotatable bonds is 3. The Balaban J connectivity index is 0.000000212. The van der Waals surface area contributed by atoms with Crippen LogP contribution in [0.15, 0.2) is 36.7 Å². The zero-order valence-electron chi connectivity index (χ0n) is 16.3. The largest absolute Gasteiger partial charge is 0.255 e. The molecule has 25 heavy (non-hydrogen) atoms. The van der Waals surface area contributed by atoms with Gasteiger partial charge in [-0.25, -0.2) is 4.37 Å². The van der Waals surface area contributed by atoms with Gasteiger partial charge in [0.1, 0.15) is 0 Å². The Bertz CT molecular complexity index is 802. The molecule has 0 fully saturated rings. The van der Waals surface area contributed by atoms with E-state index in [0.717, 1.165) is 5.69 Å². The van der Waals surface area contributed by atoms with Crippen molar-refractivity contribution in [1.82, 2.24) is 9.36 Å². The highest BCUT2D eigenvalue weighted by Gasteiger charge is 2.22. The number of thiophene rings is 1. The Kier molecular flexibility index (Phi) is 6.90. The summed E-state index contributed by atoms with van der Waals surface area (Å²) in [6, 6.07) is 8.37. The van der Waals surface area contributed by atoms with Crippen LogP contribution in [0.4, 0.5) is 0 Å². The molecule has 3 aromatic rings. The Hall–Kier alpha value is -1.09. The van der Waals surface area contributed by atoms with Gasteiger partial charge in [-0.2, -0.15) is 0 Å². The van der Waals surface area contributed by atoms with Gasteiger partial charge in [0.05, 0.1) is 27.4 Å². The van der Waals surface area contributed by atoms with Gasteiger partial charge in [-0.15, -0.1) is 11.3 Å². The third kappa shape index (κ3) is 5.44. The lowest BCUT2D eigenvalue weighted by molar-refractivity contribution is 1.34. The minimum Gasteiger partial charge on any atom is -0.255 e. The highest BCUT2D eigenvalue weighted by atomic mass is 32.1. The molecule has 0 bridgehead atoms. The molecular formula is C19H28N2S2Si2. The van der Waals surface area contributed by atoms with Gasteiger partial charge in [-0.3, -0.25) is 4.98 Å². The van der Waals surface area contributed by atoms with E-state index >= 15 is 0 Å². The van der Waals surface area contributed by atoms with E-state index in [1.165, 1.54) is 16.0 Å². The predicted molar refractivity (Wildman–Crippen MR) is 121 cm³/mol. The molecule has 0 saturated carbocycles. The molecule has 0 aliphatic heterocycles. The van der Waals surface area contributed by atoms with Crippen LogP contribution in [0.2, 0.25) is 32.7 Å². The summed E-state index contributed by atoms with van der Waals surface area (Å²) in [5.74, 6) is 0. The lowest BCUT2D eigenvalue weighted by atomic mass is 10.3. The van der Waals surface area contributed by atoms with E-state index < -0.39 is 16.9 Å². The molecule has 0 aliphatic carbocycles. The fourth-order valence-electron chi connectivity index (χ4n) is 2.72. The fourth-order valence-corrected chi connectivity index (χ4v) is 8.96. The second-order valence-corrected chi connectivity index (χ2v) is 18.2. The van der Waals surface area contributed by atoms with E-state index in [-0.39, 0.29) is 0 Å². The molecule has 0 atom stereocenters. The molecule has 0 N–H and O–H groups in total. The van der Waals surface area contributed by atoms with Crippen LogP contribution in [0.1, 0.15) is 11.1 Å². The van der Waals surface area contributed by atoms with Crippen LogP contribution in [0.5, 0.6) is 0 Å². The van der Waals surface area contributed by atoms with Crippen molar-refractivity contribution in [2.24, 2.45) is 0 Å². The van der Waals surface area contributed by atoms with Crippen LogP contribution in [0.3, 0.4) is 0 Å². The Morgan fingerprint density at radius 1 is 1.04 bits per heavy atom. The fraction of sp³-hybridized carbons (Fsp3) is 0.368. The minimum atomic E-state index is -1.20. The number of hydrogen-bond acceptors (Lipinski definition) is 4. The van der Waals surface area contributed by atoms with Crippen LogP contribution >= 0.6 is 22.9 Å². The van der Waals surface area contributed by atoms with E-state index in [0.29, 0.717) is 0 Å². The summed E-state index contributed by atoms with van der Waals surface area (Å²) in [4.78, 5) is 5.71. The molecule has 0 saturated heterocycles.